The summed E-state index contributed by atoms with van der Waals surface area (Å²) in [6.45, 7) is 4.48. The van der Waals surface area contributed by atoms with Gasteiger partial charge in [0.05, 0.1) is 5.92 Å². The Hall–Kier alpha value is -1.43. The van der Waals surface area contributed by atoms with Gasteiger partial charge in [-0.25, -0.2) is 0 Å². The lowest BCUT2D eigenvalue weighted by atomic mass is 9.94. The number of fused-ring (bicyclic) bond motifs is 1. The van der Waals surface area contributed by atoms with E-state index in [4.69, 9.17) is 0 Å². The Bertz CT molecular complexity index is 551. The third-order valence-corrected chi connectivity index (χ3v) is 5.37. The topological polar surface area (TPSA) is 63.1 Å². The van der Waals surface area contributed by atoms with E-state index in [2.05, 4.69) is 25.0 Å². The number of piperidine rings is 1. The molecule has 6 heteroatoms. The molecule has 1 atom stereocenters. The molecule has 4 heterocycles. The summed E-state index contributed by atoms with van der Waals surface area (Å²) >= 11 is 0. The van der Waals surface area contributed by atoms with Gasteiger partial charge in [0.25, 0.3) is 0 Å². The number of likely N-dealkylation sites (tertiary alicyclic amines) is 1. The first-order valence-corrected chi connectivity index (χ1v) is 8.74. The van der Waals surface area contributed by atoms with Crippen LogP contribution in [0.4, 0.5) is 0 Å². The molecule has 0 radical (unpaired) electrons. The van der Waals surface area contributed by atoms with E-state index < -0.39 is 0 Å². The predicted octanol–water partition coefficient (Wildman–Crippen LogP) is 0.930. The van der Waals surface area contributed by atoms with Crippen molar-refractivity contribution in [2.24, 2.45) is 5.92 Å². The molecule has 1 aromatic rings. The lowest BCUT2D eigenvalue weighted by molar-refractivity contribution is -0.138. The summed E-state index contributed by atoms with van der Waals surface area (Å²) < 4.78 is 2.34. The Balaban J connectivity index is 1.50. The Labute approximate surface area is 131 Å². The van der Waals surface area contributed by atoms with Crippen molar-refractivity contribution in [3.63, 3.8) is 0 Å². The maximum atomic E-state index is 12.5. The van der Waals surface area contributed by atoms with Crippen LogP contribution < -0.4 is 5.32 Å². The molecule has 2 saturated heterocycles. The molecule has 1 unspecified atom stereocenters. The summed E-state index contributed by atoms with van der Waals surface area (Å²) in [6, 6.07) is 0. The van der Waals surface area contributed by atoms with E-state index in [0.717, 1.165) is 63.6 Å². The van der Waals surface area contributed by atoms with Crippen molar-refractivity contribution in [2.45, 2.75) is 51.0 Å². The highest BCUT2D eigenvalue weighted by molar-refractivity contribution is 5.80. The fourth-order valence-electron chi connectivity index (χ4n) is 3.92. The number of amides is 1. The molecule has 1 aromatic heterocycles. The van der Waals surface area contributed by atoms with Gasteiger partial charge < -0.3 is 14.8 Å². The van der Waals surface area contributed by atoms with Crippen molar-refractivity contribution in [2.75, 3.05) is 26.2 Å². The number of rotatable bonds is 2. The predicted molar refractivity (Wildman–Crippen MR) is 82.5 cm³/mol. The second-order valence-electron chi connectivity index (χ2n) is 6.92. The first-order valence-electron chi connectivity index (χ1n) is 8.74. The smallest absolute Gasteiger partial charge is 0.228 e. The number of hydrogen-bond donors (Lipinski definition) is 1. The van der Waals surface area contributed by atoms with Crippen molar-refractivity contribution in [1.82, 2.24) is 25.0 Å². The second-order valence-corrected chi connectivity index (χ2v) is 6.92. The van der Waals surface area contributed by atoms with E-state index >= 15 is 0 Å². The van der Waals surface area contributed by atoms with Gasteiger partial charge >= 0.3 is 0 Å². The zero-order chi connectivity index (χ0) is 14.9. The number of carbonyl (C=O) groups excluding carboxylic acids is 1. The molecule has 3 aliphatic rings. The van der Waals surface area contributed by atoms with Crippen LogP contribution in [0.25, 0.3) is 0 Å². The normalized spacial score (nSPS) is 26.2. The number of nitrogens with zero attached hydrogens (tertiary/aromatic N) is 4. The summed E-state index contributed by atoms with van der Waals surface area (Å²) in [5.41, 5.74) is 0. The second kappa shape index (κ2) is 5.99. The van der Waals surface area contributed by atoms with Gasteiger partial charge in [-0.1, -0.05) is 6.42 Å². The summed E-state index contributed by atoms with van der Waals surface area (Å²) in [7, 11) is 0. The highest BCUT2D eigenvalue weighted by Gasteiger charge is 2.34. The average Bonchev–Trinajstić information content (AvgIpc) is 2.74. The van der Waals surface area contributed by atoms with Crippen molar-refractivity contribution >= 4 is 5.91 Å². The van der Waals surface area contributed by atoms with Crippen LogP contribution in [0.15, 0.2) is 0 Å². The molecule has 0 aliphatic carbocycles. The van der Waals surface area contributed by atoms with Gasteiger partial charge in [-0.3, -0.25) is 4.79 Å². The molecule has 120 valence electrons. The number of aromatic nitrogens is 3. The van der Waals surface area contributed by atoms with E-state index in [-0.39, 0.29) is 5.92 Å². The fraction of sp³-hybridized carbons (Fsp3) is 0.812. The van der Waals surface area contributed by atoms with Crippen molar-refractivity contribution in [3.05, 3.63) is 11.6 Å². The SMILES string of the molecule is O=C(C1CNC1)N1CCCC(c2nnc3n2CCCCC3)C1. The molecule has 1 amide bonds. The average molecular weight is 303 g/mol. The maximum Gasteiger partial charge on any atom is 0.228 e. The van der Waals surface area contributed by atoms with Gasteiger partial charge in [0.1, 0.15) is 11.6 Å². The number of aryl methyl sites for hydroxylation is 1. The minimum atomic E-state index is 0.203. The summed E-state index contributed by atoms with van der Waals surface area (Å²) in [4.78, 5) is 14.5. The quantitative estimate of drug-likeness (QED) is 0.883. The highest BCUT2D eigenvalue weighted by atomic mass is 16.2. The Morgan fingerprint density at radius 1 is 1.09 bits per heavy atom. The lowest BCUT2D eigenvalue weighted by Gasteiger charge is -2.37. The molecule has 4 rings (SSSR count). The molecule has 1 N–H and O–H groups in total. The highest BCUT2D eigenvalue weighted by Crippen LogP contribution is 2.28. The molecule has 2 fully saturated rings. The van der Waals surface area contributed by atoms with E-state index in [0.29, 0.717) is 11.8 Å². The Morgan fingerprint density at radius 2 is 2.00 bits per heavy atom. The summed E-state index contributed by atoms with van der Waals surface area (Å²) in [6.07, 6.45) is 7.00. The zero-order valence-corrected chi connectivity index (χ0v) is 13.1. The van der Waals surface area contributed by atoms with Crippen molar-refractivity contribution in [1.29, 1.82) is 0 Å². The van der Waals surface area contributed by atoms with Crippen LogP contribution in [0, 0.1) is 5.92 Å². The van der Waals surface area contributed by atoms with Crippen molar-refractivity contribution in [3.8, 4) is 0 Å². The van der Waals surface area contributed by atoms with E-state index in [1.54, 1.807) is 0 Å². The molecule has 0 aromatic carbocycles. The van der Waals surface area contributed by atoms with Gasteiger partial charge in [-0.05, 0) is 25.7 Å². The fourth-order valence-corrected chi connectivity index (χ4v) is 3.92. The molecular weight excluding hydrogens is 278 g/mol. The molecular formula is C16H25N5O. The van der Waals surface area contributed by atoms with Crippen LogP contribution >= 0.6 is 0 Å². The lowest BCUT2D eigenvalue weighted by Crippen LogP contribution is -2.53. The first-order chi connectivity index (χ1) is 10.8. The zero-order valence-electron chi connectivity index (χ0n) is 13.1. The maximum absolute atomic E-state index is 12.5. The van der Waals surface area contributed by atoms with E-state index in [9.17, 15) is 4.79 Å². The van der Waals surface area contributed by atoms with Gasteiger partial charge in [-0.2, -0.15) is 0 Å². The number of hydrogen-bond acceptors (Lipinski definition) is 4. The molecule has 22 heavy (non-hydrogen) atoms. The molecule has 0 bridgehead atoms. The van der Waals surface area contributed by atoms with Crippen LogP contribution in [-0.4, -0.2) is 51.8 Å². The van der Waals surface area contributed by atoms with Gasteiger partial charge in [0, 0.05) is 45.1 Å². The van der Waals surface area contributed by atoms with Crippen LogP contribution in [0.1, 0.15) is 49.7 Å². The third-order valence-electron chi connectivity index (χ3n) is 5.37. The molecule has 6 nitrogen and oxygen atoms in total. The standard InChI is InChI=1S/C16H25N5O/c22-16(13-9-17-10-13)20-7-4-5-12(11-20)15-19-18-14-6-2-1-3-8-21(14)15/h12-13,17H,1-11H2. The van der Waals surface area contributed by atoms with Crippen molar-refractivity contribution < 1.29 is 4.79 Å². The Morgan fingerprint density at radius 3 is 2.82 bits per heavy atom. The van der Waals surface area contributed by atoms with Crippen LogP contribution in [-0.2, 0) is 17.8 Å². The minimum absolute atomic E-state index is 0.203. The van der Waals surface area contributed by atoms with Crippen LogP contribution in [0.5, 0.6) is 0 Å². The van der Waals surface area contributed by atoms with Crippen LogP contribution in [0.2, 0.25) is 0 Å². The third kappa shape index (κ3) is 2.53. The van der Waals surface area contributed by atoms with Crippen LogP contribution in [0.3, 0.4) is 0 Å². The Kier molecular flexibility index (Phi) is 3.86. The summed E-state index contributed by atoms with van der Waals surface area (Å²) in [5.74, 6) is 3.18. The van der Waals surface area contributed by atoms with E-state index in [1.807, 2.05) is 0 Å². The molecule has 3 aliphatic heterocycles. The van der Waals surface area contributed by atoms with Gasteiger partial charge in [0.15, 0.2) is 0 Å². The van der Waals surface area contributed by atoms with E-state index in [1.165, 1.54) is 19.3 Å². The van der Waals surface area contributed by atoms with Gasteiger partial charge in [-0.15, -0.1) is 10.2 Å². The molecule has 0 spiro atoms. The summed E-state index contributed by atoms with van der Waals surface area (Å²) in [5, 5.41) is 12.1. The molecule has 0 saturated carbocycles. The first kappa shape index (κ1) is 14.2. The monoisotopic (exact) mass is 303 g/mol. The number of nitrogens with one attached hydrogen (secondary N) is 1. The largest absolute Gasteiger partial charge is 0.342 e. The minimum Gasteiger partial charge on any atom is -0.342 e. The number of carbonyl (C=O) groups is 1. The van der Waals surface area contributed by atoms with Gasteiger partial charge in [0.2, 0.25) is 5.91 Å².